The molecule has 178 valence electrons. The maximum atomic E-state index is 12.7. The second kappa shape index (κ2) is 11.7. The van der Waals surface area contributed by atoms with Crippen molar-refractivity contribution in [2.45, 2.75) is 25.4 Å². The van der Waals surface area contributed by atoms with Crippen molar-refractivity contribution < 1.29 is 41.8 Å². The van der Waals surface area contributed by atoms with Crippen molar-refractivity contribution in [2.75, 3.05) is 31.5 Å². The van der Waals surface area contributed by atoms with Gasteiger partial charge in [0.05, 0.1) is 25.5 Å². The predicted octanol–water partition coefficient (Wildman–Crippen LogP) is 4.01. The third kappa shape index (κ3) is 8.36. The molecule has 0 bridgehead atoms. The molecule has 2 aromatic rings. The second-order valence-electron chi connectivity index (χ2n) is 6.76. The molecule has 8 nitrogen and oxygen atoms in total. The van der Waals surface area contributed by atoms with Crippen molar-refractivity contribution in [3.05, 3.63) is 48.0 Å². The van der Waals surface area contributed by atoms with E-state index in [9.17, 15) is 27.6 Å². The van der Waals surface area contributed by atoms with E-state index < -0.39 is 36.1 Å². The zero-order valence-electron chi connectivity index (χ0n) is 18.0. The van der Waals surface area contributed by atoms with Crippen LogP contribution in [0.4, 0.5) is 24.5 Å². The van der Waals surface area contributed by atoms with Gasteiger partial charge in [-0.3, -0.25) is 14.4 Å². The second-order valence-corrected chi connectivity index (χ2v) is 6.76. The van der Waals surface area contributed by atoms with Gasteiger partial charge in [0.1, 0.15) is 11.5 Å². The van der Waals surface area contributed by atoms with Gasteiger partial charge >= 0.3 is 12.1 Å². The fourth-order valence-electron chi connectivity index (χ4n) is 2.70. The van der Waals surface area contributed by atoms with E-state index in [4.69, 9.17) is 14.2 Å². The molecule has 0 saturated heterocycles. The van der Waals surface area contributed by atoms with Gasteiger partial charge in [-0.15, -0.1) is 0 Å². The van der Waals surface area contributed by atoms with Gasteiger partial charge in [0.25, 0.3) is 5.91 Å². The molecule has 0 unspecified atom stereocenters. The van der Waals surface area contributed by atoms with Gasteiger partial charge in [-0.25, -0.2) is 0 Å². The molecule has 0 aliphatic rings. The zero-order valence-corrected chi connectivity index (χ0v) is 18.0. The molecule has 0 saturated carbocycles. The fourth-order valence-corrected chi connectivity index (χ4v) is 2.70. The first kappa shape index (κ1) is 25.5. The highest BCUT2D eigenvalue weighted by Gasteiger charge is 2.30. The summed E-state index contributed by atoms with van der Waals surface area (Å²) in [4.78, 5) is 35.7. The molecule has 0 fully saturated rings. The number of anilines is 2. The Kier molecular flexibility index (Phi) is 9.08. The number of carbonyl (C=O) groups is 3. The lowest BCUT2D eigenvalue weighted by Gasteiger charge is -2.12. The largest absolute Gasteiger partial charge is 0.497 e. The number of hydrogen-bond acceptors (Lipinski definition) is 6. The molecule has 2 aromatic carbocycles. The minimum absolute atomic E-state index is 0.00281. The zero-order chi connectivity index (χ0) is 24.4. The van der Waals surface area contributed by atoms with E-state index in [0.717, 1.165) is 12.1 Å². The smallest absolute Gasteiger partial charge is 0.416 e. The van der Waals surface area contributed by atoms with Crippen molar-refractivity contribution in [3.8, 4) is 11.5 Å². The molecule has 11 heteroatoms. The first-order valence-corrected chi connectivity index (χ1v) is 9.77. The van der Waals surface area contributed by atoms with Crippen molar-refractivity contribution >= 4 is 29.2 Å². The Balaban J connectivity index is 1.72. The summed E-state index contributed by atoms with van der Waals surface area (Å²) in [5.74, 6) is -0.937. The van der Waals surface area contributed by atoms with Gasteiger partial charge in [-0.2, -0.15) is 13.2 Å². The Morgan fingerprint density at radius 1 is 0.909 bits per heavy atom. The van der Waals surface area contributed by atoms with Crippen LogP contribution in [0.1, 0.15) is 24.8 Å². The Labute approximate surface area is 188 Å². The van der Waals surface area contributed by atoms with Crippen LogP contribution in [0.2, 0.25) is 0 Å². The summed E-state index contributed by atoms with van der Waals surface area (Å²) in [7, 11) is 2.91. The third-order valence-corrected chi connectivity index (χ3v) is 4.31. The SMILES string of the molecule is COc1ccc(NC(=O)COC(=O)CCCC(=O)Nc2cccc(C(F)(F)F)c2)c(OC)c1. The lowest BCUT2D eigenvalue weighted by molar-refractivity contribution is -0.147. The van der Waals surface area contributed by atoms with Crippen LogP contribution in [-0.2, 0) is 25.3 Å². The fraction of sp³-hybridized carbons (Fsp3) is 0.318. The monoisotopic (exact) mass is 468 g/mol. The normalized spacial score (nSPS) is 10.8. The minimum atomic E-state index is -4.52. The molecule has 0 aliphatic carbocycles. The van der Waals surface area contributed by atoms with Crippen LogP contribution in [0, 0.1) is 0 Å². The number of methoxy groups -OCH3 is 2. The average Bonchev–Trinajstić information content (AvgIpc) is 2.77. The van der Waals surface area contributed by atoms with Crippen molar-refractivity contribution in [2.24, 2.45) is 0 Å². The van der Waals surface area contributed by atoms with Gasteiger partial charge in [-0.05, 0) is 36.8 Å². The maximum absolute atomic E-state index is 12.7. The number of hydrogen-bond donors (Lipinski definition) is 2. The van der Waals surface area contributed by atoms with E-state index in [1.54, 1.807) is 18.2 Å². The van der Waals surface area contributed by atoms with Crippen LogP contribution in [0.5, 0.6) is 11.5 Å². The number of alkyl halides is 3. The molecule has 33 heavy (non-hydrogen) atoms. The molecule has 0 aliphatic heterocycles. The van der Waals surface area contributed by atoms with Crippen LogP contribution in [-0.4, -0.2) is 38.6 Å². The van der Waals surface area contributed by atoms with E-state index >= 15 is 0 Å². The van der Waals surface area contributed by atoms with E-state index in [2.05, 4.69) is 10.6 Å². The van der Waals surface area contributed by atoms with Crippen LogP contribution in [0.15, 0.2) is 42.5 Å². The maximum Gasteiger partial charge on any atom is 0.416 e. The molecule has 2 amide bonds. The lowest BCUT2D eigenvalue weighted by atomic mass is 10.2. The first-order valence-electron chi connectivity index (χ1n) is 9.77. The highest BCUT2D eigenvalue weighted by Crippen LogP contribution is 2.31. The summed E-state index contributed by atoms with van der Waals surface area (Å²) in [5.41, 5.74) is -0.511. The van der Waals surface area contributed by atoms with Crippen LogP contribution in [0.3, 0.4) is 0 Å². The summed E-state index contributed by atoms with van der Waals surface area (Å²) < 4.78 is 53.2. The van der Waals surface area contributed by atoms with Crippen molar-refractivity contribution in [1.82, 2.24) is 0 Å². The molecule has 2 rings (SSSR count). The van der Waals surface area contributed by atoms with Crippen molar-refractivity contribution in [3.63, 3.8) is 0 Å². The molecule has 0 heterocycles. The van der Waals surface area contributed by atoms with E-state index in [1.165, 1.54) is 26.4 Å². The van der Waals surface area contributed by atoms with Gasteiger partial charge in [-0.1, -0.05) is 6.07 Å². The number of ether oxygens (including phenoxy) is 3. The van der Waals surface area contributed by atoms with Gasteiger partial charge in [0, 0.05) is 24.6 Å². The van der Waals surface area contributed by atoms with Gasteiger partial charge < -0.3 is 24.8 Å². The molecule has 0 radical (unpaired) electrons. The number of halogens is 3. The van der Waals surface area contributed by atoms with Gasteiger partial charge in [0.15, 0.2) is 6.61 Å². The van der Waals surface area contributed by atoms with E-state index in [0.29, 0.717) is 17.2 Å². The summed E-state index contributed by atoms with van der Waals surface area (Å²) in [5, 5.41) is 4.89. The Bertz CT molecular complexity index is 994. The lowest BCUT2D eigenvalue weighted by Crippen LogP contribution is -2.21. The minimum Gasteiger partial charge on any atom is -0.497 e. The molecular weight excluding hydrogens is 445 g/mol. The molecule has 0 atom stereocenters. The highest BCUT2D eigenvalue weighted by atomic mass is 19.4. The van der Waals surface area contributed by atoms with Crippen LogP contribution in [0.25, 0.3) is 0 Å². The number of amides is 2. The quantitative estimate of drug-likeness (QED) is 0.511. The summed E-state index contributed by atoms with van der Waals surface area (Å²) in [6.07, 6.45) is -4.68. The van der Waals surface area contributed by atoms with Crippen LogP contribution < -0.4 is 20.1 Å². The summed E-state index contributed by atoms with van der Waals surface area (Å²) in [6, 6.07) is 9.00. The molecule has 0 spiro atoms. The number of rotatable bonds is 10. The number of nitrogens with one attached hydrogen (secondary N) is 2. The highest BCUT2D eigenvalue weighted by molar-refractivity contribution is 5.94. The Morgan fingerprint density at radius 3 is 2.33 bits per heavy atom. The van der Waals surface area contributed by atoms with Gasteiger partial charge in [0.2, 0.25) is 5.91 Å². The summed E-state index contributed by atoms with van der Waals surface area (Å²) in [6.45, 7) is -0.537. The number of carbonyl (C=O) groups excluding carboxylic acids is 3. The molecule has 2 N–H and O–H groups in total. The number of esters is 1. The standard InChI is InChI=1S/C22H23F3N2O6/c1-31-16-9-10-17(18(12-16)32-2)27-20(29)13-33-21(30)8-4-7-19(28)26-15-6-3-5-14(11-15)22(23,24)25/h3,5-6,9-12H,4,7-8,13H2,1-2H3,(H,26,28)(H,27,29). The van der Waals surface area contributed by atoms with E-state index in [-0.39, 0.29) is 24.9 Å². The Hall–Kier alpha value is -3.76. The average molecular weight is 468 g/mol. The number of benzene rings is 2. The molecular formula is C22H23F3N2O6. The Morgan fingerprint density at radius 2 is 1.67 bits per heavy atom. The third-order valence-electron chi connectivity index (χ3n) is 4.31. The molecule has 0 aromatic heterocycles. The van der Waals surface area contributed by atoms with Crippen LogP contribution >= 0.6 is 0 Å². The van der Waals surface area contributed by atoms with Crippen molar-refractivity contribution in [1.29, 1.82) is 0 Å². The predicted molar refractivity (Wildman–Crippen MR) is 113 cm³/mol. The first-order chi connectivity index (χ1) is 15.6. The summed E-state index contributed by atoms with van der Waals surface area (Å²) >= 11 is 0. The van der Waals surface area contributed by atoms with E-state index in [1.807, 2.05) is 0 Å². The topological polar surface area (TPSA) is 103 Å².